The lowest BCUT2D eigenvalue weighted by molar-refractivity contribution is 0.660. The second-order valence-electron chi connectivity index (χ2n) is 37.9. The molecule has 9 aromatic heterocycles. The van der Waals surface area contributed by atoms with Crippen molar-refractivity contribution in [3.63, 3.8) is 0 Å². The van der Waals surface area contributed by atoms with Crippen molar-refractivity contribution in [1.82, 2.24) is 59.8 Å². The second kappa shape index (κ2) is 38.2. The van der Waals surface area contributed by atoms with E-state index < -0.39 is 0 Å². The van der Waals surface area contributed by atoms with E-state index in [2.05, 4.69) is 360 Å². The number of aromatic nitrogens is 12. The predicted octanol–water partition coefficient (Wildman–Crippen LogP) is 35.7. The van der Waals surface area contributed by atoms with Crippen LogP contribution in [0.1, 0.15) is 25.0 Å². The lowest BCUT2D eigenvalue weighted by Crippen LogP contribution is -2.14. The number of hydrogen-bond acceptors (Lipinski definition) is 15. The van der Waals surface area contributed by atoms with Gasteiger partial charge in [0.15, 0.2) is 52.4 Å². The van der Waals surface area contributed by atoms with E-state index in [0.717, 1.165) is 100 Å². The van der Waals surface area contributed by atoms with Crippen LogP contribution in [0.25, 0.3) is 274 Å². The van der Waals surface area contributed by atoms with Gasteiger partial charge in [0.2, 0.25) is 0 Å². The Balaban J connectivity index is 0.000000111. The van der Waals surface area contributed by atoms with Gasteiger partial charge in [-0.05, 0) is 110 Å². The molecular formula is C135H86N12S3. The molecule has 0 fully saturated rings. The van der Waals surface area contributed by atoms with E-state index in [0.29, 0.717) is 52.4 Å². The zero-order valence-corrected chi connectivity index (χ0v) is 83.7. The summed E-state index contributed by atoms with van der Waals surface area (Å²) in [7, 11) is 0. The van der Waals surface area contributed by atoms with Crippen molar-refractivity contribution in [3.05, 3.63) is 496 Å². The number of nitrogens with zero attached hydrogens (tertiary/aromatic N) is 12. The first-order valence-corrected chi connectivity index (χ1v) is 52.6. The second-order valence-corrected chi connectivity index (χ2v) is 41.1. The molecule has 150 heavy (non-hydrogen) atoms. The summed E-state index contributed by atoms with van der Waals surface area (Å²) in [6.07, 6.45) is 0. The molecule has 1 aliphatic carbocycles. The van der Waals surface area contributed by atoms with Crippen LogP contribution >= 0.6 is 34.0 Å². The first-order valence-electron chi connectivity index (χ1n) is 50.1. The van der Waals surface area contributed by atoms with Gasteiger partial charge in [0.05, 0.1) is 33.6 Å². The summed E-state index contributed by atoms with van der Waals surface area (Å²) in [5, 5.41) is 10.7. The van der Waals surface area contributed by atoms with Gasteiger partial charge in [-0.1, -0.05) is 445 Å². The van der Waals surface area contributed by atoms with E-state index in [1.165, 1.54) is 132 Å². The van der Waals surface area contributed by atoms with E-state index >= 15 is 0 Å². The van der Waals surface area contributed by atoms with E-state index in [-0.39, 0.29) is 5.41 Å². The highest BCUT2D eigenvalue weighted by Gasteiger charge is 2.36. The summed E-state index contributed by atoms with van der Waals surface area (Å²) in [5.41, 5.74) is 29.6. The summed E-state index contributed by atoms with van der Waals surface area (Å²) in [6.45, 7) is 4.60. The van der Waals surface area contributed by atoms with Crippen LogP contribution in [0.15, 0.2) is 485 Å². The third kappa shape index (κ3) is 16.5. The molecule has 0 aliphatic heterocycles. The minimum atomic E-state index is -0.0728. The molecule has 704 valence electrons. The maximum Gasteiger partial charge on any atom is 0.164 e. The van der Waals surface area contributed by atoms with Gasteiger partial charge >= 0.3 is 0 Å². The highest BCUT2D eigenvalue weighted by Crippen LogP contribution is 2.53. The Hall–Kier alpha value is -18.9. The fraction of sp³-hybridized carbons (Fsp3) is 0.0222. The summed E-state index contributed by atoms with van der Waals surface area (Å²) >= 11 is 5.52. The predicted molar refractivity (Wildman–Crippen MR) is 623 cm³/mol. The average Bonchev–Trinajstić information content (AvgIpc) is 1.56. The highest BCUT2D eigenvalue weighted by molar-refractivity contribution is 7.27. The number of pyridine rings is 3. The zero-order chi connectivity index (χ0) is 99.7. The van der Waals surface area contributed by atoms with Crippen molar-refractivity contribution in [1.29, 1.82) is 0 Å². The molecule has 0 unspecified atom stereocenters. The molecule has 0 bridgehead atoms. The van der Waals surface area contributed by atoms with Crippen LogP contribution in [-0.4, -0.2) is 59.8 Å². The summed E-state index contributed by atoms with van der Waals surface area (Å²) in [4.78, 5) is 61.2. The molecule has 15 heteroatoms. The molecular weight excluding hydrogens is 1890 g/mol. The fourth-order valence-electron chi connectivity index (χ4n) is 21.2. The molecule has 19 aromatic carbocycles. The first kappa shape index (κ1) is 89.9. The molecule has 0 spiro atoms. The van der Waals surface area contributed by atoms with Gasteiger partial charge in [-0.15, -0.1) is 34.0 Å². The van der Waals surface area contributed by atoms with Crippen LogP contribution in [0.3, 0.4) is 0 Å². The van der Waals surface area contributed by atoms with Gasteiger partial charge in [0.25, 0.3) is 0 Å². The van der Waals surface area contributed by atoms with Gasteiger partial charge in [-0.2, -0.15) is 0 Å². The lowest BCUT2D eigenvalue weighted by atomic mass is 9.82. The molecule has 0 radical (unpaired) electrons. The Labute approximate surface area is 876 Å². The van der Waals surface area contributed by atoms with Crippen LogP contribution in [-0.2, 0) is 5.41 Å². The number of rotatable bonds is 15. The molecule has 0 saturated heterocycles. The molecule has 0 amide bonds. The first-order chi connectivity index (χ1) is 74.1. The largest absolute Gasteiger partial charge is 0.247 e. The fourth-order valence-corrected chi connectivity index (χ4v) is 25.0. The van der Waals surface area contributed by atoms with Crippen LogP contribution in [0.2, 0.25) is 0 Å². The van der Waals surface area contributed by atoms with Crippen molar-refractivity contribution in [2.24, 2.45) is 0 Å². The van der Waals surface area contributed by atoms with Crippen molar-refractivity contribution < 1.29 is 0 Å². The van der Waals surface area contributed by atoms with Gasteiger partial charge in [0, 0.05) is 149 Å². The Morgan fingerprint density at radius 3 is 0.713 bits per heavy atom. The number of hydrogen-bond donors (Lipinski definition) is 0. The summed E-state index contributed by atoms with van der Waals surface area (Å²) in [6, 6.07) is 169. The van der Waals surface area contributed by atoms with Crippen LogP contribution in [0, 0.1) is 0 Å². The van der Waals surface area contributed by atoms with Gasteiger partial charge in [-0.25, -0.2) is 59.8 Å². The molecule has 1 aliphatic rings. The van der Waals surface area contributed by atoms with E-state index in [1.54, 1.807) is 0 Å². The van der Waals surface area contributed by atoms with Crippen molar-refractivity contribution in [3.8, 4) is 181 Å². The third-order valence-electron chi connectivity index (χ3n) is 28.4. The number of benzene rings is 19. The van der Waals surface area contributed by atoms with Crippen molar-refractivity contribution in [2.75, 3.05) is 0 Å². The van der Waals surface area contributed by atoms with Crippen LogP contribution < -0.4 is 0 Å². The lowest BCUT2D eigenvalue weighted by Gasteiger charge is -2.21. The maximum absolute atomic E-state index is 5.41. The quantitative estimate of drug-likeness (QED) is 0.0959. The molecule has 9 heterocycles. The molecule has 28 aromatic rings. The summed E-state index contributed by atoms with van der Waals surface area (Å²) < 4.78 is 7.49. The summed E-state index contributed by atoms with van der Waals surface area (Å²) in [5.74, 6) is 5.74. The Morgan fingerprint density at radius 2 is 0.380 bits per heavy atom. The minimum absolute atomic E-state index is 0.0728. The average molecular weight is 1970 g/mol. The van der Waals surface area contributed by atoms with Crippen LogP contribution in [0.4, 0.5) is 0 Å². The molecule has 0 atom stereocenters. The standard InChI is InChI=1S/C51H34N4S.2C42H26N4S/c1-51(2)40-21-11-9-18-37(40)39-30-35(28-29-41(39)51)50-54-48(33-16-7-4-8-17-33)53-49(55-50)34-26-24-32(25-27-34)46-45-38-19-10-12-23-43(38)56-47(45)44-36(20-13-22-42(44)52-46)31-14-5-3-6-15-31;2*1-4-14-27(15-5-1)32-23-13-24-34-36(32)39-37(33-22-10-11-25-35(33)47-39)38(43-34)30-20-12-21-31(26-30)42-45-40(28-16-6-2-7-17-28)44-41(46-42)29-18-8-3-9-19-29/h3-30H,1-2H3;2*1-26H. The Kier molecular flexibility index (Phi) is 22.9. The van der Waals surface area contributed by atoms with Crippen molar-refractivity contribution in [2.45, 2.75) is 19.3 Å². The monoisotopic (exact) mass is 1970 g/mol. The molecule has 29 rings (SSSR count). The van der Waals surface area contributed by atoms with E-state index in [4.69, 9.17) is 59.8 Å². The van der Waals surface area contributed by atoms with E-state index in [9.17, 15) is 0 Å². The van der Waals surface area contributed by atoms with Crippen molar-refractivity contribution >= 4 is 127 Å². The third-order valence-corrected chi connectivity index (χ3v) is 31.9. The minimum Gasteiger partial charge on any atom is -0.247 e. The Bertz CT molecular complexity index is 9620. The Morgan fingerprint density at radius 1 is 0.153 bits per heavy atom. The van der Waals surface area contributed by atoms with Crippen LogP contribution in [0.5, 0.6) is 0 Å². The normalized spacial score (nSPS) is 12.0. The molecule has 12 nitrogen and oxygen atoms in total. The smallest absolute Gasteiger partial charge is 0.164 e. The maximum atomic E-state index is 5.41. The highest BCUT2D eigenvalue weighted by atomic mass is 32.1. The van der Waals surface area contributed by atoms with Gasteiger partial charge in [0.1, 0.15) is 0 Å². The molecule has 0 saturated carbocycles. The zero-order valence-electron chi connectivity index (χ0n) is 81.3. The number of thiophene rings is 3. The van der Waals surface area contributed by atoms with Gasteiger partial charge < -0.3 is 0 Å². The topological polar surface area (TPSA) is 155 Å². The SMILES string of the molecule is CC1(C)c2ccccc2-c2cc(-c3nc(-c4ccccc4)nc(-c4ccc(-c5nc6cccc(-c7ccccc7)c6c6sc7ccccc7c56)cc4)n3)ccc21.c1ccc(-c2nc(-c3ccccc3)nc(-c3cccc(-c4nc5cccc(-c6ccccc6)c5c5sc6ccccc6c45)c3)n2)cc1.c1ccc(-c2nc(-c3ccccc3)nc(-c3cccc(-c4nc5cccc(-c6ccccc6)c5c5sc6ccccc6c45)c3)n2)cc1. The molecule has 0 N–H and O–H groups in total. The van der Waals surface area contributed by atoms with Gasteiger partial charge in [-0.3, -0.25) is 0 Å². The van der Waals surface area contributed by atoms with E-state index in [1.807, 2.05) is 174 Å². The number of fused-ring (bicyclic) bond motifs is 18.